The van der Waals surface area contributed by atoms with E-state index in [1.54, 1.807) is 0 Å². The number of rotatable bonds is 4. The molecule has 0 aromatic heterocycles. The molecule has 0 spiro atoms. The maximum atomic E-state index is 12.9. The van der Waals surface area contributed by atoms with Crippen LogP contribution in [0.5, 0.6) is 0 Å². The molecule has 0 fully saturated rings. The molecule has 0 aliphatic carbocycles. The third kappa shape index (κ3) is 3.14. The van der Waals surface area contributed by atoms with Gasteiger partial charge in [0, 0.05) is 0 Å². The van der Waals surface area contributed by atoms with Crippen molar-refractivity contribution in [3.05, 3.63) is 34.4 Å². The molecule has 1 rings (SSSR count). The zero-order valence-corrected chi connectivity index (χ0v) is 9.54. The molecule has 1 atom stereocenters. The second kappa shape index (κ2) is 5.74. The fraction of sp³-hybridized carbons (Fsp3) is 0.200. The highest BCUT2D eigenvalue weighted by Crippen LogP contribution is 2.20. The standard InChI is InChI=1S/C10H8ClF2NO4/c11-5-2-7(13)6(12)1-4(5)9(16)14-8(3-15)10(17)18/h1-2,8,15H,3H2,(H,14,16)(H,17,18). The second-order valence-electron chi connectivity index (χ2n) is 3.29. The Hall–Kier alpha value is -1.73. The molecule has 0 heterocycles. The van der Waals surface area contributed by atoms with Gasteiger partial charge in [-0.05, 0) is 12.1 Å². The number of carboxylic acid groups (broad SMARTS) is 1. The van der Waals surface area contributed by atoms with E-state index in [0.717, 1.165) is 0 Å². The molecule has 8 heteroatoms. The number of hydrogen-bond donors (Lipinski definition) is 3. The van der Waals surface area contributed by atoms with Gasteiger partial charge in [-0.1, -0.05) is 11.6 Å². The second-order valence-corrected chi connectivity index (χ2v) is 3.70. The zero-order chi connectivity index (χ0) is 13.9. The number of hydrogen-bond acceptors (Lipinski definition) is 3. The minimum Gasteiger partial charge on any atom is -0.480 e. The molecule has 0 bridgehead atoms. The van der Waals surface area contributed by atoms with Crippen molar-refractivity contribution in [2.45, 2.75) is 6.04 Å². The van der Waals surface area contributed by atoms with Gasteiger partial charge >= 0.3 is 5.97 Å². The Morgan fingerprint density at radius 2 is 1.89 bits per heavy atom. The summed E-state index contributed by atoms with van der Waals surface area (Å²) in [7, 11) is 0. The number of benzene rings is 1. The number of amides is 1. The molecule has 1 unspecified atom stereocenters. The first-order valence-electron chi connectivity index (χ1n) is 4.66. The smallest absolute Gasteiger partial charge is 0.328 e. The normalized spacial score (nSPS) is 12.0. The van der Waals surface area contributed by atoms with Crippen LogP contribution in [-0.4, -0.2) is 34.7 Å². The summed E-state index contributed by atoms with van der Waals surface area (Å²) >= 11 is 5.53. The van der Waals surface area contributed by atoms with Crippen LogP contribution in [0.3, 0.4) is 0 Å². The Labute approximate surface area is 105 Å². The van der Waals surface area contributed by atoms with Gasteiger partial charge < -0.3 is 15.5 Å². The predicted octanol–water partition coefficient (Wildman–Crippen LogP) is 0.794. The Morgan fingerprint density at radius 3 is 2.39 bits per heavy atom. The average Bonchev–Trinajstić information content (AvgIpc) is 2.29. The van der Waals surface area contributed by atoms with Crippen molar-refractivity contribution in [2.24, 2.45) is 0 Å². The quantitative estimate of drug-likeness (QED) is 0.711. The molecule has 0 aliphatic heterocycles. The summed E-state index contributed by atoms with van der Waals surface area (Å²) < 4.78 is 25.7. The molecule has 98 valence electrons. The maximum absolute atomic E-state index is 12.9. The Morgan fingerprint density at radius 1 is 1.33 bits per heavy atom. The highest BCUT2D eigenvalue weighted by Gasteiger charge is 2.22. The molecule has 1 amide bonds. The van der Waals surface area contributed by atoms with Crippen molar-refractivity contribution in [3.63, 3.8) is 0 Å². The van der Waals surface area contributed by atoms with Gasteiger partial charge in [0.15, 0.2) is 17.7 Å². The van der Waals surface area contributed by atoms with Crippen LogP contribution in [0.25, 0.3) is 0 Å². The van der Waals surface area contributed by atoms with Crippen LogP contribution in [0.15, 0.2) is 12.1 Å². The highest BCUT2D eigenvalue weighted by atomic mass is 35.5. The summed E-state index contributed by atoms with van der Waals surface area (Å²) in [5.74, 6) is -5.01. The first-order valence-corrected chi connectivity index (χ1v) is 5.03. The lowest BCUT2D eigenvalue weighted by Gasteiger charge is -2.12. The molecule has 0 aliphatic rings. The van der Waals surface area contributed by atoms with Crippen LogP contribution in [0.4, 0.5) is 8.78 Å². The lowest BCUT2D eigenvalue weighted by molar-refractivity contribution is -0.140. The van der Waals surface area contributed by atoms with E-state index in [9.17, 15) is 18.4 Å². The predicted molar refractivity (Wildman–Crippen MR) is 57.3 cm³/mol. The first-order chi connectivity index (χ1) is 8.36. The summed E-state index contributed by atoms with van der Waals surface area (Å²) in [6.45, 7) is -0.845. The Balaban J connectivity index is 2.97. The summed E-state index contributed by atoms with van der Waals surface area (Å²) in [5, 5.41) is 18.8. The van der Waals surface area contributed by atoms with E-state index in [1.165, 1.54) is 0 Å². The Kier molecular flexibility index (Phi) is 4.57. The summed E-state index contributed by atoms with van der Waals surface area (Å²) in [5.41, 5.74) is -0.421. The van der Waals surface area contributed by atoms with Crippen molar-refractivity contribution in [1.29, 1.82) is 0 Å². The summed E-state index contributed by atoms with van der Waals surface area (Å²) in [6.07, 6.45) is 0. The number of carbonyl (C=O) groups excluding carboxylic acids is 1. The molecular formula is C10H8ClF2NO4. The molecular weight excluding hydrogens is 272 g/mol. The largest absolute Gasteiger partial charge is 0.480 e. The number of carboxylic acids is 1. The maximum Gasteiger partial charge on any atom is 0.328 e. The van der Waals surface area contributed by atoms with E-state index in [2.05, 4.69) is 0 Å². The fourth-order valence-electron chi connectivity index (χ4n) is 1.12. The van der Waals surface area contributed by atoms with E-state index in [1.807, 2.05) is 5.32 Å². The van der Waals surface area contributed by atoms with E-state index < -0.39 is 41.7 Å². The summed E-state index contributed by atoms with van der Waals surface area (Å²) in [4.78, 5) is 22.1. The lowest BCUT2D eigenvalue weighted by atomic mass is 10.2. The fourth-order valence-corrected chi connectivity index (χ4v) is 1.35. The van der Waals surface area contributed by atoms with Crippen molar-refractivity contribution >= 4 is 23.5 Å². The van der Waals surface area contributed by atoms with Crippen LogP contribution in [-0.2, 0) is 4.79 Å². The van der Waals surface area contributed by atoms with Gasteiger partial charge in [-0.25, -0.2) is 13.6 Å². The van der Waals surface area contributed by atoms with Crippen molar-refractivity contribution < 1.29 is 28.6 Å². The van der Waals surface area contributed by atoms with Gasteiger partial charge in [-0.15, -0.1) is 0 Å². The number of halogens is 3. The van der Waals surface area contributed by atoms with E-state index in [4.69, 9.17) is 21.8 Å². The Bertz CT molecular complexity index is 495. The molecule has 0 radical (unpaired) electrons. The van der Waals surface area contributed by atoms with Gasteiger partial charge in [-0.2, -0.15) is 0 Å². The monoisotopic (exact) mass is 279 g/mol. The number of aliphatic hydroxyl groups is 1. The molecule has 1 aromatic rings. The summed E-state index contributed by atoms with van der Waals surface area (Å²) in [6, 6.07) is -0.411. The van der Waals surface area contributed by atoms with Crippen molar-refractivity contribution in [2.75, 3.05) is 6.61 Å². The zero-order valence-electron chi connectivity index (χ0n) is 8.78. The topological polar surface area (TPSA) is 86.6 Å². The molecule has 0 saturated heterocycles. The van der Waals surface area contributed by atoms with Crippen molar-refractivity contribution in [3.8, 4) is 0 Å². The van der Waals surface area contributed by atoms with Gasteiger partial charge in [0.25, 0.3) is 5.91 Å². The minimum absolute atomic E-state index is 0.367. The minimum atomic E-state index is -1.55. The van der Waals surface area contributed by atoms with Crippen LogP contribution < -0.4 is 5.32 Å². The van der Waals surface area contributed by atoms with E-state index in [-0.39, 0.29) is 5.02 Å². The number of aliphatic hydroxyl groups excluding tert-OH is 1. The molecule has 3 N–H and O–H groups in total. The number of aliphatic carboxylic acids is 1. The molecule has 18 heavy (non-hydrogen) atoms. The SMILES string of the molecule is O=C(NC(CO)C(=O)O)c1cc(F)c(F)cc1Cl. The lowest BCUT2D eigenvalue weighted by Crippen LogP contribution is -2.43. The van der Waals surface area contributed by atoms with Crippen LogP contribution in [0.1, 0.15) is 10.4 Å². The third-order valence-corrected chi connectivity index (χ3v) is 2.35. The molecule has 0 saturated carbocycles. The van der Waals surface area contributed by atoms with E-state index >= 15 is 0 Å². The van der Waals surface area contributed by atoms with Crippen molar-refractivity contribution in [1.82, 2.24) is 5.32 Å². The number of carbonyl (C=O) groups is 2. The molecule has 5 nitrogen and oxygen atoms in total. The average molecular weight is 280 g/mol. The van der Waals surface area contributed by atoms with Gasteiger partial charge in [0.2, 0.25) is 0 Å². The van der Waals surface area contributed by atoms with E-state index in [0.29, 0.717) is 12.1 Å². The van der Waals surface area contributed by atoms with Crippen LogP contribution in [0.2, 0.25) is 5.02 Å². The van der Waals surface area contributed by atoms with Gasteiger partial charge in [0.05, 0.1) is 17.2 Å². The highest BCUT2D eigenvalue weighted by molar-refractivity contribution is 6.33. The van der Waals surface area contributed by atoms with Crippen LogP contribution >= 0.6 is 11.6 Å². The molecule has 1 aromatic carbocycles. The first kappa shape index (κ1) is 14.3. The van der Waals surface area contributed by atoms with Gasteiger partial charge in [0.1, 0.15) is 0 Å². The van der Waals surface area contributed by atoms with Gasteiger partial charge in [-0.3, -0.25) is 4.79 Å². The third-order valence-electron chi connectivity index (χ3n) is 2.04. The van der Waals surface area contributed by atoms with Crippen LogP contribution in [0, 0.1) is 11.6 Å². The number of nitrogens with one attached hydrogen (secondary N) is 1.